The quantitative estimate of drug-likeness (QED) is 0.799. The van der Waals surface area contributed by atoms with Gasteiger partial charge in [0.05, 0.1) is 12.8 Å². The summed E-state index contributed by atoms with van der Waals surface area (Å²) in [5.41, 5.74) is 5.70. The topological polar surface area (TPSA) is 39.1 Å². The minimum atomic E-state index is 0.822. The number of hydrogen-bond donors (Lipinski definition) is 1. The number of hydrogen-bond acceptors (Lipinski definition) is 3. The smallest absolute Gasteiger partial charge is 0.144 e. The maximum absolute atomic E-state index is 5.50. The van der Waals surface area contributed by atoms with Crippen LogP contribution < -0.4 is 10.1 Å². The van der Waals surface area contributed by atoms with Crippen molar-refractivity contribution in [2.24, 2.45) is 0 Å². The van der Waals surface area contributed by atoms with Crippen LogP contribution in [0.25, 0.3) is 16.9 Å². The molecule has 4 rings (SSSR count). The van der Waals surface area contributed by atoms with Crippen molar-refractivity contribution in [2.45, 2.75) is 13.3 Å². The molecule has 4 heteroatoms. The molecule has 1 N–H and O–H groups in total. The first-order valence-corrected chi connectivity index (χ1v) is 7.84. The van der Waals surface area contributed by atoms with E-state index in [0.717, 1.165) is 35.9 Å². The van der Waals surface area contributed by atoms with E-state index in [1.165, 1.54) is 16.7 Å². The summed E-state index contributed by atoms with van der Waals surface area (Å²) in [6.45, 7) is 3.06. The zero-order valence-corrected chi connectivity index (χ0v) is 13.3. The van der Waals surface area contributed by atoms with E-state index in [0.29, 0.717) is 0 Å². The third-order valence-electron chi connectivity index (χ3n) is 4.26. The predicted molar refractivity (Wildman–Crippen MR) is 92.5 cm³/mol. The van der Waals surface area contributed by atoms with Crippen molar-refractivity contribution in [1.82, 2.24) is 9.78 Å². The molecule has 0 bridgehead atoms. The van der Waals surface area contributed by atoms with E-state index in [1.54, 1.807) is 7.11 Å². The van der Waals surface area contributed by atoms with Gasteiger partial charge in [-0.05, 0) is 31.5 Å². The van der Waals surface area contributed by atoms with Gasteiger partial charge in [0, 0.05) is 17.7 Å². The Morgan fingerprint density at radius 3 is 2.83 bits per heavy atom. The second-order valence-corrected chi connectivity index (χ2v) is 5.81. The molecule has 0 aliphatic carbocycles. The van der Waals surface area contributed by atoms with Crippen LogP contribution in [0.1, 0.15) is 11.1 Å². The lowest BCUT2D eigenvalue weighted by Crippen LogP contribution is -2.05. The predicted octanol–water partition coefficient (Wildman–Crippen LogP) is 3.82. The van der Waals surface area contributed by atoms with Crippen LogP contribution in [0.15, 0.2) is 48.5 Å². The molecule has 3 aromatic rings. The first-order valence-electron chi connectivity index (χ1n) is 7.84. The van der Waals surface area contributed by atoms with E-state index < -0.39 is 0 Å². The zero-order valence-electron chi connectivity index (χ0n) is 13.3. The van der Waals surface area contributed by atoms with Gasteiger partial charge in [-0.2, -0.15) is 5.10 Å². The molecule has 4 nitrogen and oxygen atoms in total. The lowest BCUT2D eigenvalue weighted by atomic mass is 10.0. The molecule has 1 aromatic heterocycles. The number of aromatic nitrogens is 2. The van der Waals surface area contributed by atoms with Gasteiger partial charge in [0.15, 0.2) is 0 Å². The van der Waals surface area contributed by atoms with Crippen molar-refractivity contribution in [3.8, 4) is 22.7 Å². The molecule has 1 aliphatic heterocycles. The van der Waals surface area contributed by atoms with Crippen LogP contribution in [0, 0.1) is 6.92 Å². The molecule has 0 fully saturated rings. The monoisotopic (exact) mass is 305 g/mol. The molecule has 2 aromatic carbocycles. The molecule has 116 valence electrons. The highest BCUT2D eigenvalue weighted by Gasteiger charge is 2.25. The van der Waals surface area contributed by atoms with Crippen molar-refractivity contribution in [3.63, 3.8) is 0 Å². The summed E-state index contributed by atoms with van der Waals surface area (Å²) in [4.78, 5) is 0. The average molecular weight is 305 g/mol. The van der Waals surface area contributed by atoms with Crippen molar-refractivity contribution < 1.29 is 4.74 Å². The number of anilines is 1. The van der Waals surface area contributed by atoms with Crippen LogP contribution in [0.5, 0.6) is 5.75 Å². The number of rotatable bonds is 3. The van der Waals surface area contributed by atoms with Crippen LogP contribution in [0.4, 0.5) is 5.82 Å². The van der Waals surface area contributed by atoms with Crippen molar-refractivity contribution >= 4 is 5.82 Å². The van der Waals surface area contributed by atoms with Crippen molar-refractivity contribution in [1.29, 1.82) is 0 Å². The van der Waals surface area contributed by atoms with Gasteiger partial charge in [-0.15, -0.1) is 0 Å². The fraction of sp³-hybridized carbons (Fsp3) is 0.211. The van der Waals surface area contributed by atoms with E-state index in [-0.39, 0.29) is 0 Å². The molecule has 2 heterocycles. The van der Waals surface area contributed by atoms with Crippen molar-refractivity contribution in [3.05, 3.63) is 59.7 Å². The van der Waals surface area contributed by atoms with Crippen LogP contribution in [-0.4, -0.2) is 23.4 Å². The van der Waals surface area contributed by atoms with Gasteiger partial charge in [-0.1, -0.05) is 35.9 Å². The minimum absolute atomic E-state index is 0.822. The third-order valence-corrected chi connectivity index (χ3v) is 4.26. The van der Waals surface area contributed by atoms with Gasteiger partial charge in [0.1, 0.15) is 17.3 Å². The molecule has 0 atom stereocenters. The summed E-state index contributed by atoms with van der Waals surface area (Å²) >= 11 is 0. The van der Waals surface area contributed by atoms with Gasteiger partial charge in [0.2, 0.25) is 0 Å². The molecular formula is C19H19N3O. The number of methoxy groups -OCH3 is 1. The fourth-order valence-electron chi connectivity index (χ4n) is 3.18. The molecule has 1 aliphatic rings. The fourth-order valence-corrected chi connectivity index (χ4v) is 3.18. The second-order valence-electron chi connectivity index (χ2n) is 5.81. The molecule has 23 heavy (non-hydrogen) atoms. The summed E-state index contributed by atoms with van der Waals surface area (Å²) in [7, 11) is 1.69. The number of para-hydroxylation sites is 2. The average Bonchev–Trinajstić information content (AvgIpc) is 3.17. The summed E-state index contributed by atoms with van der Waals surface area (Å²) in [6, 6.07) is 16.5. The van der Waals surface area contributed by atoms with Gasteiger partial charge >= 0.3 is 0 Å². The first-order chi connectivity index (χ1) is 11.3. The zero-order chi connectivity index (χ0) is 15.8. The Kier molecular flexibility index (Phi) is 3.30. The highest BCUT2D eigenvalue weighted by Crippen LogP contribution is 2.36. The maximum atomic E-state index is 5.50. The normalized spacial score (nSPS) is 12.8. The number of benzene rings is 2. The van der Waals surface area contributed by atoms with E-state index in [4.69, 9.17) is 9.84 Å². The Morgan fingerprint density at radius 2 is 2.00 bits per heavy atom. The molecule has 0 unspecified atom stereocenters. The Morgan fingerprint density at radius 1 is 1.13 bits per heavy atom. The lowest BCUT2D eigenvalue weighted by molar-refractivity contribution is 0.412. The highest BCUT2D eigenvalue weighted by atomic mass is 16.5. The largest absolute Gasteiger partial charge is 0.494 e. The van der Waals surface area contributed by atoms with Crippen LogP contribution >= 0.6 is 0 Å². The molecule has 0 radical (unpaired) electrons. The Bertz CT molecular complexity index is 867. The van der Waals surface area contributed by atoms with Crippen LogP contribution in [0.3, 0.4) is 0 Å². The maximum Gasteiger partial charge on any atom is 0.144 e. The van der Waals surface area contributed by atoms with Gasteiger partial charge in [0.25, 0.3) is 0 Å². The van der Waals surface area contributed by atoms with Crippen LogP contribution in [-0.2, 0) is 6.42 Å². The number of ether oxygens (including phenoxy) is 1. The molecule has 0 amide bonds. The standard InChI is InChI=1S/C19H19N3O/c1-13-6-5-7-14(12-13)18-15-10-11-20-19(15)22(21-18)16-8-3-4-9-17(16)23-2/h3-9,12,20H,10-11H2,1-2H3. The second kappa shape index (κ2) is 5.47. The van der Waals surface area contributed by atoms with E-state index in [2.05, 4.69) is 36.5 Å². The lowest BCUT2D eigenvalue weighted by Gasteiger charge is -2.10. The molecule has 0 saturated heterocycles. The van der Waals surface area contributed by atoms with Gasteiger partial charge < -0.3 is 10.1 Å². The number of nitrogens with one attached hydrogen (secondary N) is 1. The minimum Gasteiger partial charge on any atom is -0.494 e. The van der Waals surface area contributed by atoms with E-state index in [1.807, 2.05) is 28.9 Å². The Labute approximate surface area is 135 Å². The summed E-state index contributed by atoms with van der Waals surface area (Å²) in [5.74, 6) is 1.90. The summed E-state index contributed by atoms with van der Waals surface area (Å²) in [5, 5.41) is 8.36. The van der Waals surface area contributed by atoms with Crippen molar-refractivity contribution in [2.75, 3.05) is 19.0 Å². The highest BCUT2D eigenvalue weighted by molar-refractivity contribution is 5.73. The molecular weight excluding hydrogens is 286 g/mol. The van der Waals surface area contributed by atoms with E-state index in [9.17, 15) is 0 Å². The molecule has 0 saturated carbocycles. The number of nitrogens with zero attached hydrogens (tertiary/aromatic N) is 2. The Hall–Kier alpha value is -2.75. The number of fused-ring (bicyclic) bond motifs is 1. The van der Waals surface area contributed by atoms with Gasteiger partial charge in [-0.25, -0.2) is 4.68 Å². The SMILES string of the molecule is COc1ccccc1-n1nc(-c2cccc(C)c2)c2c1NCC2. The van der Waals surface area contributed by atoms with Gasteiger partial charge in [-0.3, -0.25) is 0 Å². The number of aryl methyl sites for hydroxylation is 1. The Balaban J connectivity index is 1.92. The van der Waals surface area contributed by atoms with Crippen LogP contribution in [0.2, 0.25) is 0 Å². The molecule has 0 spiro atoms. The first kappa shape index (κ1) is 13.9. The summed E-state index contributed by atoms with van der Waals surface area (Å²) < 4.78 is 7.48. The van der Waals surface area contributed by atoms with E-state index >= 15 is 0 Å². The summed E-state index contributed by atoms with van der Waals surface area (Å²) in [6.07, 6.45) is 0.994. The third kappa shape index (κ3) is 2.27.